The van der Waals surface area contributed by atoms with Crippen LogP contribution in [0.5, 0.6) is 11.8 Å². The number of nitrogens with zero attached hydrogens (tertiary/aromatic N) is 2. The van der Waals surface area contributed by atoms with Crippen molar-refractivity contribution in [2.75, 3.05) is 6.61 Å². The summed E-state index contributed by atoms with van der Waals surface area (Å²) in [5, 5.41) is 0.0155. The summed E-state index contributed by atoms with van der Waals surface area (Å²) in [4.78, 5) is 27.9. The molecule has 0 spiro atoms. The smallest absolute Gasteiger partial charge is 0.484 e. The zero-order chi connectivity index (χ0) is 22.1. The summed E-state index contributed by atoms with van der Waals surface area (Å²) in [6, 6.07) is 9.05. The number of para-hydroxylation sites is 1. The number of rotatable bonds is 4. The fourth-order valence-corrected chi connectivity index (χ4v) is 2.41. The molecule has 0 fully saturated rings. The van der Waals surface area contributed by atoms with Crippen molar-refractivity contribution in [2.45, 2.75) is 12.4 Å². The molecule has 2 aromatic carbocycles. The molecular formula is C18H10F6N2O4. The Bertz CT molecular complexity index is 1140. The normalized spacial score (nSPS) is 12.1. The predicted octanol–water partition coefficient (Wildman–Crippen LogP) is 3.79. The second-order valence-corrected chi connectivity index (χ2v) is 5.84. The van der Waals surface area contributed by atoms with Gasteiger partial charge in [0.25, 0.3) is 5.56 Å². The van der Waals surface area contributed by atoms with Gasteiger partial charge in [0.05, 0.1) is 16.6 Å². The molecule has 3 aromatic rings. The van der Waals surface area contributed by atoms with Crippen molar-refractivity contribution >= 4 is 16.9 Å². The summed E-state index contributed by atoms with van der Waals surface area (Å²) >= 11 is 0. The van der Waals surface area contributed by atoms with Crippen LogP contribution in [0, 0.1) is 0 Å². The van der Waals surface area contributed by atoms with Crippen molar-refractivity contribution in [1.82, 2.24) is 9.55 Å². The van der Waals surface area contributed by atoms with Crippen molar-refractivity contribution in [1.29, 1.82) is 0 Å². The summed E-state index contributed by atoms with van der Waals surface area (Å²) < 4.78 is 84.0. The van der Waals surface area contributed by atoms with Gasteiger partial charge in [0.15, 0.2) is 6.61 Å². The van der Waals surface area contributed by atoms with E-state index in [0.29, 0.717) is 4.57 Å². The number of hydrogen-bond donors (Lipinski definition) is 0. The molecule has 0 saturated heterocycles. The van der Waals surface area contributed by atoms with Gasteiger partial charge in [0.1, 0.15) is 5.75 Å². The molecule has 158 valence electrons. The molecule has 30 heavy (non-hydrogen) atoms. The Morgan fingerprint density at radius 3 is 2.20 bits per heavy atom. The van der Waals surface area contributed by atoms with E-state index in [9.17, 15) is 35.9 Å². The van der Waals surface area contributed by atoms with Crippen molar-refractivity contribution in [3.8, 4) is 17.4 Å². The molecule has 1 aromatic heterocycles. The lowest BCUT2D eigenvalue weighted by molar-refractivity contribution is -0.190. The Morgan fingerprint density at radius 1 is 0.967 bits per heavy atom. The quantitative estimate of drug-likeness (QED) is 0.464. The third kappa shape index (κ3) is 4.70. The Kier molecular flexibility index (Phi) is 5.42. The highest BCUT2D eigenvalue weighted by molar-refractivity contribution is 5.80. The van der Waals surface area contributed by atoms with E-state index >= 15 is 0 Å². The standard InChI is InChI=1S/C18H10F6N2O4/c19-17(20,21)9-29-11-7-5-10(6-8-11)26-14(27)12-3-1-2-4-13(12)25-16(26)30-15(28)18(22,23)24/h1-8H,9H2. The third-order valence-electron chi connectivity index (χ3n) is 3.66. The SMILES string of the molecule is O=C(Oc1nc2ccccc2c(=O)n1-c1ccc(OCC(F)(F)F)cc1)C(F)(F)F. The lowest BCUT2D eigenvalue weighted by Crippen LogP contribution is -2.31. The summed E-state index contributed by atoms with van der Waals surface area (Å²) in [7, 11) is 0. The summed E-state index contributed by atoms with van der Waals surface area (Å²) in [6.45, 7) is -1.56. The highest BCUT2D eigenvalue weighted by Crippen LogP contribution is 2.24. The highest BCUT2D eigenvalue weighted by atomic mass is 19.4. The maximum Gasteiger partial charge on any atom is 0.491 e. The second kappa shape index (κ2) is 7.69. The van der Waals surface area contributed by atoms with E-state index in [4.69, 9.17) is 0 Å². The molecule has 0 aliphatic heterocycles. The first kappa shape index (κ1) is 21.1. The number of esters is 1. The number of halogens is 6. The monoisotopic (exact) mass is 432 g/mol. The zero-order valence-corrected chi connectivity index (χ0v) is 14.6. The van der Waals surface area contributed by atoms with Crippen LogP contribution in [0.2, 0.25) is 0 Å². The average molecular weight is 432 g/mol. The lowest BCUT2D eigenvalue weighted by Gasteiger charge is -2.14. The van der Waals surface area contributed by atoms with E-state index in [1.54, 1.807) is 0 Å². The predicted molar refractivity (Wildman–Crippen MR) is 90.6 cm³/mol. The average Bonchev–Trinajstić information content (AvgIpc) is 2.66. The van der Waals surface area contributed by atoms with Crippen LogP contribution in [0.4, 0.5) is 26.3 Å². The minimum atomic E-state index is -5.34. The van der Waals surface area contributed by atoms with E-state index < -0.39 is 36.5 Å². The first-order valence-corrected chi connectivity index (χ1v) is 8.06. The van der Waals surface area contributed by atoms with E-state index in [0.717, 1.165) is 24.3 Å². The fourth-order valence-electron chi connectivity index (χ4n) is 2.41. The summed E-state index contributed by atoms with van der Waals surface area (Å²) in [5.74, 6) is -2.80. The van der Waals surface area contributed by atoms with Crippen LogP contribution >= 0.6 is 0 Å². The Balaban J connectivity index is 2.07. The first-order valence-electron chi connectivity index (χ1n) is 8.06. The summed E-state index contributed by atoms with van der Waals surface area (Å²) in [6.07, 6.45) is -9.92. The number of fused-ring (bicyclic) bond motifs is 1. The number of hydrogen-bond acceptors (Lipinski definition) is 5. The van der Waals surface area contributed by atoms with Crippen LogP contribution < -0.4 is 15.0 Å². The Morgan fingerprint density at radius 2 is 1.60 bits per heavy atom. The zero-order valence-electron chi connectivity index (χ0n) is 14.6. The number of benzene rings is 2. The van der Waals surface area contributed by atoms with Gasteiger partial charge < -0.3 is 9.47 Å². The largest absolute Gasteiger partial charge is 0.491 e. The van der Waals surface area contributed by atoms with Gasteiger partial charge in [-0.15, -0.1) is 0 Å². The van der Waals surface area contributed by atoms with Crippen molar-refractivity contribution in [3.05, 3.63) is 58.9 Å². The molecule has 1 heterocycles. The number of aromatic nitrogens is 2. The van der Waals surface area contributed by atoms with Crippen LogP contribution in [0.25, 0.3) is 16.6 Å². The van der Waals surface area contributed by atoms with Gasteiger partial charge in [-0.05, 0) is 36.4 Å². The van der Waals surface area contributed by atoms with Crippen LogP contribution in [-0.2, 0) is 4.79 Å². The van der Waals surface area contributed by atoms with E-state index in [2.05, 4.69) is 14.5 Å². The Hall–Kier alpha value is -3.57. The van der Waals surface area contributed by atoms with Gasteiger partial charge in [-0.2, -0.15) is 31.3 Å². The van der Waals surface area contributed by atoms with Gasteiger partial charge in [-0.1, -0.05) is 12.1 Å². The van der Waals surface area contributed by atoms with Gasteiger partial charge in [-0.25, -0.2) is 9.36 Å². The van der Waals surface area contributed by atoms with Gasteiger partial charge in [-0.3, -0.25) is 4.79 Å². The molecule has 0 N–H and O–H groups in total. The molecule has 0 aliphatic carbocycles. The molecule has 0 unspecified atom stereocenters. The molecule has 12 heteroatoms. The third-order valence-corrected chi connectivity index (χ3v) is 3.66. The molecule has 6 nitrogen and oxygen atoms in total. The lowest BCUT2D eigenvalue weighted by atomic mass is 10.2. The van der Waals surface area contributed by atoms with Gasteiger partial charge >= 0.3 is 24.3 Å². The first-order chi connectivity index (χ1) is 14.0. The number of ether oxygens (including phenoxy) is 2. The van der Waals surface area contributed by atoms with E-state index in [-0.39, 0.29) is 22.3 Å². The number of alkyl halides is 6. The molecule has 0 bridgehead atoms. The van der Waals surface area contributed by atoms with Gasteiger partial charge in [0.2, 0.25) is 0 Å². The van der Waals surface area contributed by atoms with E-state index in [1.165, 1.54) is 24.3 Å². The molecule has 3 rings (SSSR count). The minimum absolute atomic E-state index is 0.0155. The molecule has 0 atom stereocenters. The van der Waals surface area contributed by atoms with Crippen LogP contribution in [0.1, 0.15) is 0 Å². The minimum Gasteiger partial charge on any atom is -0.484 e. The van der Waals surface area contributed by atoms with Crippen LogP contribution in [-0.4, -0.2) is 34.5 Å². The molecule has 0 amide bonds. The molecule has 0 radical (unpaired) electrons. The maximum atomic E-state index is 12.8. The number of carbonyl (C=O) groups is 1. The number of carbonyl (C=O) groups excluding carboxylic acids is 1. The van der Waals surface area contributed by atoms with Crippen LogP contribution in [0.15, 0.2) is 53.3 Å². The van der Waals surface area contributed by atoms with Crippen molar-refractivity contribution < 1.29 is 40.6 Å². The second-order valence-electron chi connectivity index (χ2n) is 5.84. The maximum absolute atomic E-state index is 12.8. The summed E-state index contributed by atoms with van der Waals surface area (Å²) in [5.41, 5.74) is -0.981. The topological polar surface area (TPSA) is 70.4 Å². The van der Waals surface area contributed by atoms with E-state index in [1.807, 2.05) is 0 Å². The van der Waals surface area contributed by atoms with Crippen molar-refractivity contribution in [3.63, 3.8) is 0 Å². The molecule has 0 saturated carbocycles. The van der Waals surface area contributed by atoms with Crippen molar-refractivity contribution in [2.24, 2.45) is 0 Å². The van der Waals surface area contributed by atoms with Gasteiger partial charge in [0, 0.05) is 0 Å². The Labute approximate surface area is 163 Å². The van der Waals surface area contributed by atoms with Crippen LogP contribution in [0.3, 0.4) is 0 Å². The fraction of sp³-hybridized carbons (Fsp3) is 0.167. The molecule has 0 aliphatic rings. The molecular weight excluding hydrogens is 422 g/mol. The highest BCUT2D eigenvalue weighted by Gasteiger charge is 2.42.